The SMILES string of the molecule is C[C@@H](Sc1nnc2ccccn12)C(=O)Nc1ccc(Cl)cc1Cl. The van der Waals surface area contributed by atoms with E-state index in [2.05, 4.69) is 15.5 Å². The minimum absolute atomic E-state index is 0.174. The molecule has 2 aromatic heterocycles. The molecule has 1 amide bonds. The van der Waals surface area contributed by atoms with Gasteiger partial charge >= 0.3 is 0 Å². The van der Waals surface area contributed by atoms with E-state index in [-0.39, 0.29) is 11.2 Å². The Morgan fingerprint density at radius 3 is 2.87 bits per heavy atom. The van der Waals surface area contributed by atoms with Gasteiger partial charge in [-0.2, -0.15) is 0 Å². The third-order valence-electron chi connectivity index (χ3n) is 3.12. The fraction of sp³-hybridized carbons (Fsp3) is 0.133. The summed E-state index contributed by atoms with van der Waals surface area (Å²) in [6.45, 7) is 1.80. The van der Waals surface area contributed by atoms with E-state index in [9.17, 15) is 4.79 Å². The smallest absolute Gasteiger partial charge is 0.237 e. The van der Waals surface area contributed by atoms with Gasteiger partial charge in [-0.15, -0.1) is 10.2 Å². The Kier molecular flexibility index (Phi) is 4.75. The van der Waals surface area contributed by atoms with Gasteiger partial charge in [-0.1, -0.05) is 41.0 Å². The summed E-state index contributed by atoms with van der Waals surface area (Å²) in [5.41, 5.74) is 1.27. The number of pyridine rings is 1. The number of benzene rings is 1. The van der Waals surface area contributed by atoms with Crippen molar-refractivity contribution in [3.05, 3.63) is 52.6 Å². The number of rotatable bonds is 4. The van der Waals surface area contributed by atoms with Crippen molar-refractivity contribution in [2.75, 3.05) is 5.32 Å². The first-order chi connectivity index (χ1) is 11.0. The van der Waals surface area contributed by atoms with Gasteiger partial charge < -0.3 is 5.32 Å². The lowest BCUT2D eigenvalue weighted by atomic mass is 10.3. The molecule has 118 valence electrons. The molecule has 3 aromatic rings. The Bertz CT molecular complexity index is 868. The molecule has 0 bridgehead atoms. The second-order valence-corrected chi connectivity index (χ2v) is 6.94. The van der Waals surface area contributed by atoms with Crippen molar-refractivity contribution in [2.24, 2.45) is 0 Å². The van der Waals surface area contributed by atoms with E-state index in [4.69, 9.17) is 23.2 Å². The first kappa shape index (κ1) is 16.1. The van der Waals surface area contributed by atoms with Crippen molar-refractivity contribution in [2.45, 2.75) is 17.3 Å². The molecule has 1 N–H and O–H groups in total. The van der Waals surface area contributed by atoms with Crippen LogP contribution in [0.2, 0.25) is 10.0 Å². The Labute approximate surface area is 147 Å². The molecule has 0 saturated carbocycles. The molecule has 3 rings (SSSR count). The summed E-state index contributed by atoms with van der Waals surface area (Å²) in [7, 11) is 0. The third-order valence-corrected chi connectivity index (χ3v) is 4.73. The van der Waals surface area contributed by atoms with Crippen LogP contribution in [0.5, 0.6) is 0 Å². The maximum absolute atomic E-state index is 12.3. The van der Waals surface area contributed by atoms with Crippen LogP contribution in [-0.2, 0) is 4.79 Å². The highest BCUT2D eigenvalue weighted by atomic mass is 35.5. The topological polar surface area (TPSA) is 59.3 Å². The standard InChI is InChI=1S/C15H12Cl2N4OS/c1-9(14(22)18-12-6-5-10(16)8-11(12)17)23-15-20-19-13-4-2-3-7-21(13)15/h2-9H,1H3,(H,18,22)/t9-/m1/s1. The number of hydrogen-bond donors (Lipinski definition) is 1. The maximum Gasteiger partial charge on any atom is 0.237 e. The Balaban J connectivity index is 1.72. The molecule has 0 radical (unpaired) electrons. The van der Waals surface area contributed by atoms with Gasteiger partial charge in [-0.3, -0.25) is 9.20 Å². The fourth-order valence-electron chi connectivity index (χ4n) is 1.94. The van der Waals surface area contributed by atoms with E-state index in [1.165, 1.54) is 11.8 Å². The average Bonchev–Trinajstić information content (AvgIpc) is 2.93. The molecule has 0 spiro atoms. The Hall–Kier alpha value is -1.76. The number of hydrogen-bond acceptors (Lipinski definition) is 4. The largest absolute Gasteiger partial charge is 0.324 e. The molecule has 1 atom stereocenters. The molecule has 0 aliphatic carbocycles. The number of carbonyl (C=O) groups is 1. The number of nitrogens with zero attached hydrogens (tertiary/aromatic N) is 3. The number of carbonyl (C=O) groups excluding carboxylic acids is 1. The molecule has 0 saturated heterocycles. The van der Waals surface area contributed by atoms with E-state index in [1.807, 2.05) is 28.8 Å². The Morgan fingerprint density at radius 2 is 2.09 bits per heavy atom. The number of nitrogens with one attached hydrogen (secondary N) is 1. The first-order valence-electron chi connectivity index (χ1n) is 6.77. The molecule has 1 aromatic carbocycles. The van der Waals surface area contributed by atoms with Gasteiger partial charge in [0.2, 0.25) is 5.91 Å². The molecule has 0 unspecified atom stereocenters. The highest BCUT2D eigenvalue weighted by Crippen LogP contribution is 2.27. The summed E-state index contributed by atoms with van der Waals surface area (Å²) in [5, 5.41) is 12.2. The highest BCUT2D eigenvalue weighted by Gasteiger charge is 2.18. The second kappa shape index (κ2) is 6.78. The fourth-order valence-corrected chi connectivity index (χ4v) is 3.23. The quantitative estimate of drug-likeness (QED) is 0.704. The highest BCUT2D eigenvalue weighted by molar-refractivity contribution is 8.00. The van der Waals surface area contributed by atoms with E-state index in [1.54, 1.807) is 25.1 Å². The average molecular weight is 367 g/mol. The lowest BCUT2D eigenvalue weighted by Gasteiger charge is -2.12. The molecule has 0 aliphatic rings. The monoisotopic (exact) mass is 366 g/mol. The van der Waals surface area contributed by atoms with Gasteiger partial charge in [-0.05, 0) is 37.3 Å². The molecule has 5 nitrogen and oxygen atoms in total. The van der Waals surface area contributed by atoms with E-state index in [0.29, 0.717) is 20.9 Å². The lowest BCUT2D eigenvalue weighted by Crippen LogP contribution is -2.22. The van der Waals surface area contributed by atoms with Crippen molar-refractivity contribution in [3.8, 4) is 0 Å². The number of thioether (sulfide) groups is 1. The number of amides is 1. The van der Waals surface area contributed by atoms with Crippen LogP contribution in [0.3, 0.4) is 0 Å². The van der Waals surface area contributed by atoms with Crippen LogP contribution in [0.15, 0.2) is 47.8 Å². The number of halogens is 2. The van der Waals surface area contributed by atoms with Crippen LogP contribution in [0, 0.1) is 0 Å². The molecule has 2 heterocycles. The van der Waals surface area contributed by atoms with Crippen LogP contribution in [0.25, 0.3) is 5.65 Å². The third kappa shape index (κ3) is 3.60. The van der Waals surface area contributed by atoms with Gasteiger partial charge in [0.05, 0.1) is 16.0 Å². The van der Waals surface area contributed by atoms with E-state index >= 15 is 0 Å². The van der Waals surface area contributed by atoms with Gasteiger partial charge in [0, 0.05) is 11.2 Å². The zero-order chi connectivity index (χ0) is 16.4. The second-order valence-electron chi connectivity index (χ2n) is 4.78. The molecule has 0 aliphatic heterocycles. The Morgan fingerprint density at radius 1 is 1.26 bits per heavy atom. The zero-order valence-electron chi connectivity index (χ0n) is 12.0. The van der Waals surface area contributed by atoms with Crippen LogP contribution in [0.4, 0.5) is 5.69 Å². The molecular weight excluding hydrogens is 355 g/mol. The van der Waals surface area contributed by atoms with Crippen molar-refractivity contribution in [3.63, 3.8) is 0 Å². The summed E-state index contributed by atoms with van der Waals surface area (Å²) < 4.78 is 1.84. The van der Waals surface area contributed by atoms with Gasteiger partial charge in [0.1, 0.15) is 0 Å². The zero-order valence-corrected chi connectivity index (χ0v) is 14.4. The van der Waals surface area contributed by atoms with Crippen LogP contribution in [-0.4, -0.2) is 25.8 Å². The minimum Gasteiger partial charge on any atom is -0.324 e. The van der Waals surface area contributed by atoms with Crippen LogP contribution < -0.4 is 5.32 Å². The van der Waals surface area contributed by atoms with Crippen molar-refractivity contribution in [1.29, 1.82) is 0 Å². The van der Waals surface area contributed by atoms with Crippen molar-refractivity contribution < 1.29 is 4.79 Å². The summed E-state index contributed by atoms with van der Waals surface area (Å²) in [6, 6.07) is 10.6. The summed E-state index contributed by atoms with van der Waals surface area (Å²) in [5.74, 6) is -0.174. The van der Waals surface area contributed by atoms with Crippen LogP contribution >= 0.6 is 35.0 Å². The molecule has 8 heteroatoms. The summed E-state index contributed by atoms with van der Waals surface area (Å²) >= 11 is 13.2. The summed E-state index contributed by atoms with van der Waals surface area (Å²) in [6.07, 6.45) is 1.86. The van der Waals surface area contributed by atoms with Gasteiger partial charge in [0.25, 0.3) is 0 Å². The number of aromatic nitrogens is 3. The normalized spacial score (nSPS) is 12.3. The van der Waals surface area contributed by atoms with Crippen molar-refractivity contribution in [1.82, 2.24) is 14.6 Å². The molecular formula is C15H12Cl2N4OS. The minimum atomic E-state index is -0.366. The molecule has 0 fully saturated rings. The predicted octanol–water partition coefficient (Wildman–Crippen LogP) is 4.16. The maximum atomic E-state index is 12.3. The van der Waals surface area contributed by atoms with E-state index in [0.717, 1.165) is 5.65 Å². The number of anilines is 1. The summed E-state index contributed by atoms with van der Waals surface area (Å²) in [4.78, 5) is 12.3. The number of fused-ring (bicyclic) bond motifs is 1. The lowest BCUT2D eigenvalue weighted by molar-refractivity contribution is -0.115. The van der Waals surface area contributed by atoms with E-state index < -0.39 is 0 Å². The van der Waals surface area contributed by atoms with Gasteiger partial charge in [0.15, 0.2) is 10.8 Å². The predicted molar refractivity (Wildman–Crippen MR) is 93.4 cm³/mol. The first-order valence-corrected chi connectivity index (χ1v) is 8.40. The molecule has 23 heavy (non-hydrogen) atoms. The van der Waals surface area contributed by atoms with Gasteiger partial charge in [-0.25, -0.2) is 0 Å². The van der Waals surface area contributed by atoms with Crippen molar-refractivity contribution >= 4 is 52.2 Å². The van der Waals surface area contributed by atoms with Crippen LogP contribution in [0.1, 0.15) is 6.92 Å².